The Kier molecular flexibility index (Phi) is 10.3. The van der Waals surface area contributed by atoms with Gasteiger partial charge in [0.2, 0.25) is 5.91 Å². The quantitative estimate of drug-likeness (QED) is 0.306. The molecule has 0 heterocycles. The SMILES string of the molecule is CCCCCOc1ccc(/C=C/C(=O)Nc2ccccc2OCCCC(=O)O)c(C)c1C. The van der Waals surface area contributed by atoms with Gasteiger partial charge in [0.25, 0.3) is 0 Å². The zero-order valence-corrected chi connectivity index (χ0v) is 19.1. The Hall–Kier alpha value is -3.28. The molecule has 2 rings (SSSR count). The molecule has 0 fully saturated rings. The van der Waals surface area contributed by atoms with Crippen LogP contribution in [-0.2, 0) is 9.59 Å². The van der Waals surface area contributed by atoms with Crippen LogP contribution in [0.15, 0.2) is 42.5 Å². The molecular formula is C26H33NO5. The summed E-state index contributed by atoms with van der Waals surface area (Å²) in [6, 6.07) is 11.0. The van der Waals surface area contributed by atoms with Crippen LogP contribution in [0.4, 0.5) is 5.69 Å². The summed E-state index contributed by atoms with van der Waals surface area (Å²) in [4.78, 5) is 23.1. The number of hydrogen-bond donors (Lipinski definition) is 2. The fourth-order valence-corrected chi connectivity index (χ4v) is 3.13. The zero-order chi connectivity index (χ0) is 23.3. The Bertz CT molecular complexity index is 936. The number of amides is 1. The van der Waals surface area contributed by atoms with Crippen LogP contribution in [0, 0.1) is 13.8 Å². The Morgan fingerprint density at radius 1 is 0.938 bits per heavy atom. The van der Waals surface area contributed by atoms with E-state index < -0.39 is 5.97 Å². The van der Waals surface area contributed by atoms with Gasteiger partial charge in [-0.2, -0.15) is 0 Å². The van der Waals surface area contributed by atoms with Gasteiger partial charge in [-0.05, 0) is 67.7 Å². The molecule has 0 aliphatic carbocycles. The van der Waals surface area contributed by atoms with Gasteiger partial charge in [0, 0.05) is 12.5 Å². The standard InChI is InChI=1S/C26H33NO5/c1-4-5-8-17-31-23-15-13-21(19(2)20(23)3)14-16-25(28)27-22-10-6-7-11-24(22)32-18-9-12-26(29)30/h6-7,10-11,13-16H,4-5,8-9,12,17-18H2,1-3H3,(H,27,28)(H,29,30)/b16-14+. The third kappa shape index (κ3) is 8.10. The number of hydrogen-bond acceptors (Lipinski definition) is 4. The number of aliphatic carboxylic acids is 1. The highest BCUT2D eigenvalue weighted by Gasteiger charge is 2.08. The van der Waals surface area contributed by atoms with E-state index in [1.165, 1.54) is 6.08 Å². The van der Waals surface area contributed by atoms with Gasteiger partial charge in [0.1, 0.15) is 11.5 Å². The van der Waals surface area contributed by atoms with Gasteiger partial charge in [0.15, 0.2) is 0 Å². The number of benzene rings is 2. The van der Waals surface area contributed by atoms with Crippen molar-refractivity contribution in [1.29, 1.82) is 0 Å². The molecule has 32 heavy (non-hydrogen) atoms. The van der Waals surface area contributed by atoms with E-state index in [9.17, 15) is 9.59 Å². The van der Waals surface area contributed by atoms with Gasteiger partial charge < -0.3 is 19.9 Å². The third-order valence-corrected chi connectivity index (χ3v) is 5.14. The summed E-state index contributed by atoms with van der Waals surface area (Å²) in [6.07, 6.45) is 7.08. The number of carbonyl (C=O) groups excluding carboxylic acids is 1. The molecule has 6 heteroatoms. The van der Waals surface area contributed by atoms with E-state index in [1.807, 2.05) is 26.0 Å². The molecule has 0 saturated carbocycles. The van der Waals surface area contributed by atoms with Gasteiger partial charge in [-0.25, -0.2) is 0 Å². The maximum absolute atomic E-state index is 12.5. The molecule has 0 aliphatic heterocycles. The molecular weight excluding hydrogens is 406 g/mol. The number of carbonyl (C=O) groups is 2. The summed E-state index contributed by atoms with van der Waals surface area (Å²) in [5.74, 6) is 0.260. The van der Waals surface area contributed by atoms with E-state index >= 15 is 0 Å². The highest BCUT2D eigenvalue weighted by Crippen LogP contribution is 2.26. The summed E-state index contributed by atoms with van der Waals surface area (Å²) in [5, 5.41) is 11.5. The van der Waals surface area contributed by atoms with Gasteiger partial charge >= 0.3 is 5.97 Å². The number of carboxylic acids is 1. The van der Waals surface area contributed by atoms with E-state index in [0.717, 1.165) is 41.7 Å². The smallest absolute Gasteiger partial charge is 0.303 e. The number of ether oxygens (including phenoxy) is 2. The minimum absolute atomic E-state index is 0.0403. The van der Waals surface area contributed by atoms with E-state index in [4.69, 9.17) is 14.6 Å². The lowest BCUT2D eigenvalue weighted by Crippen LogP contribution is -2.10. The topological polar surface area (TPSA) is 84.9 Å². The van der Waals surface area contributed by atoms with Crippen molar-refractivity contribution >= 4 is 23.6 Å². The van der Waals surface area contributed by atoms with E-state index in [-0.39, 0.29) is 18.9 Å². The van der Waals surface area contributed by atoms with Crippen molar-refractivity contribution in [3.8, 4) is 11.5 Å². The summed E-state index contributed by atoms with van der Waals surface area (Å²) in [5.41, 5.74) is 3.64. The largest absolute Gasteiger partial charge is 0.493 e. The molecule has 0 atom stereocenters. The molecule has 2 N–H and O–H groups in total. The van der Waals surface area contributed by atoms with Crippen molar-refractivity contribution in [1.82, 2.24) is 0 Å². The molecule has 2 aromatic rings. The fourth-order valence-electron chi connectivity index (χ4n) is 3.13. The first-order valence-electron chi connectivity index (χ1n) is 11.1. The molecule has 6 nitrogen and oxygen atoms in total. The summed E-state index contributed by atoms with van der Waals surface area (Å²) in [7, 11) is 0. The van der Waals surface area contributed by atoms with Crippen molar-refractivity contribution in [2.45, 2.75) is 52.9 Å². The molecule has 1 amide bonds. The van der Waals surface area contributed by atoms with Crippen LogP contribution >= 0.6 is 0 Å². The predicted octanol–water partition coefficient (Wildman–Crippen LogP) is 5.77. The van der Waals surface area contributed by atoms with Crippen LogP contribution in [0.25, 0.3) is 6.08 Å². The second-order valence-corrected chi connectivity index (χ2v) is 7.62. The summed E-state index contributed by atoms with van der Waals surface area (Å²) < 4.78 is 11.5. The van der Waals surface area contributed by atoms with E-state index in [0.29, 0.717) is 24.5 Å². The van der Waals surface area contributed by atoms with Gasteiger partial charge in [-0.15, -0.1) is 0 Å². The highest BCUT2D eigenvalue weighted by atomic mass is 16.5. The molecule has 0 radical (unpaired) electrons. The van der Waals surface area contributed by atoms with Crippen LogP contribution in [0.3, 0.4) is 0 Å². The van der Waals surface area contributed by atoms with Crippen LogP contribution < -0.4 is 14.8 Å². The minimum atomic E-state index is -0.859. The predicted molar refractivity (Wildman–Crippen MR) is 127 cm³/mol. The van der Waals surface area contributed by atoms with Crippen molar-refractivity contribution in [2.24, 2.45) is 0 Å². The number of nitrogens with one attached hydrogen (secondary N) is 1. The lowest BCUT2D eigenvalue weighted by Gasteiger charge is -2.13. The van der Waals surface area contributed by atoms with Gasteiger partial charge in [-0.1, -0.05) is 38.0 Å². The molecule has 172 valence electrons. The average molecular weight is 440 g/mol. The first-order valence-corrected chi connectivity index (χ1v) is 11.1. The van der Waals surface area contributed by atoms with E-state index in [1.54, 1.807) is 30.3 Å². The van der Waals surface area contributed by atoms with Crippen LogP contribution in [0.1, 0.15) is 55.7 Å². The summed E-state index contributed by atoms with van der Waals surface area (Å²) in [6.45, 7) is 7.19. The Morgan fingerprint density at radius 3 is 2.41 bits per heavy atom. The minimum Gasteiger partial charge on any atom is -0.493 e. The van der Waals surface area contributed by atoms with Crippen LogP contribution in [-0.4, -0.2) is 30.2 Å². The Morgan fingerprint density at radius 2 is 1.66 bits per heavy atom. The molecule has 0 bridgehead atoms. The van der Waals surface area contributed by atoms with Crippen molar-refractivity contribution in [3.63, 3.8) is 0 Å². The van der Waals surface area contributed by atoms with Crippen molar-refractivity contribution in [2.75, 3.05) is 18.5 Å². The Labute approximate surface area is 190 Å². The van der Waals surface area contributed by atoms with Crippen molar-refractivity contribution < 1.29 is 24.2 Å². The second kappa shape index (κ2) is 13.2. The number of rotatable bonds is 13. The molecule has 0 unspecified atom stereocenters. The van der Waals surface area contributed by atoms with Crippen LogP contribution in [0.5, 0.6) is 11.5 Å². The first kappa shape index (κ1) is 25.0. The maximum Gasteiger partial charge on any atom is 0.303 e. The molecule has 2 aromatic carbocycles. The number of anilines is 1. The molecule has 0 spiro atoms. The Balaban J connectivity index is 1.97. The van der Waals surface area contributed by atoms with E-state index in [2.05, 4.69) is 12.2 Å². The van der Waals surface area contributed by atoms with Gasteiger partial charge in [0.05, 0.1) is 18.9 Å². The highest BCUT2D eigenvalue weighted by molar-refractivity contribution is 6.02. The average Bonchev–Trinajstić information content (AvgIpc) is 2.77. The molecule has 0 aliphatic rings. The third-order valence-electron chi connectivity index (χ3n) is 5.14. The lowest BCUT2D eigenvalue weighted by atomic mass is 10.0. The second-order valence-electron chi connectivity index (χ2n) is 7.62. The maximum atomic E-state index is 12.5. The number of unbranched alkanes of at least 4 members (excludes halogenated alkanes) is 2. The normalized spacial score (nSPS) is 10.8. The molecule has 0 aromatic heterocycles. The monoisotopic (exact) mass is 439 g/mol. The van der Waals surface area contributed by atoms with Gasteiger partial charge in [-0.3, -0.25) is 9.59 Å². The van der Waals surface area contributed by atoms with Crippen molar-refractivity contribution in [3.05, 3.63) is 59.2 Å². The molecule has 0 saturated heterocycles. The number of carboxylic acid groups (broad SMARTS) is 1. The van der Waals surface area contributed by atoms with Crippen LogP contribution in [0.2, 0.25) is 0 Å². The fraction of sp³-hybridized carbons (Fsp3) is 0.385. The number of para-hydroxylation sites is 2. The lowest BCUT2D eigenvalue weighted by molar-refractivity contribution is -0.137. The first-order chi connectivity index (χ1) is 15.4. The zero-order valence-electron chi connectivity index (χ0n) is 19.1. The summed E-state index contributed by atoms with van der Waals surface area (Å²) >= 11 is 0.